The van der Waals surface area contributed by atoms with Crippen LogP contribution in [0, 0.1) is 0 Å². The van der Waals surface area contributed by atoms with Crippen molar-refractivity contribution in [3.63, 3.8) is 0 Å². The normalized spacial score (nSPS) is 25.2. The summed E-state index contributed by atoms with van der Waals surface area (Å²) in [6, 6.07) is 12.4. The van der Waals surface area contributed by atoms with Crippen LogP contribution < -0.4 is 10.2 Å². The number of rotatable bonds is 0. The molecule has 2 aliphatic rings. The van der Waals surface area contributed by atoms with Crippen LogP contribution in [0.5, 0.6) is 0 Å². The smallest absolute Gasteiger partial charge is 0.229 e. The van der Waals surface area contributed by atoms with Crippen LogP contribution in [0.2, 0.25) is 0 Å². The summed E-state index contributed by atoms with van der Waals surface area (Å²) < 4.78 is 0. The monoisotopic (exact) mass is 238 g/mol. The lowest BCUT2D eigenvalue weighted by Gasteiger charge is -2.41. The van der Waals surface area contributed by atoms with Crippen molar-refractivity contribution in [3.8, 4) is 0 Å². The van der Waals surface area contributed by atoms with Crippen molar-refractivity contribution < 1.29 is 4.79 Å². The standard InChI is InChI=1S/C15H14N2O/c1-15-9-8-13(18)17(15)12-7-3-5-10-4-2-6-11(16-15)14(10)12/h2-7,16H,8-9H2,1H3. The minimum absolute atomic E-state index is 0.215. The molecule has 0 aliphatic carbocycles. The van der Waals surface area contributed by atoms with E-state index in [0.717, 1.165) is 23.2 Å². The van der Waals surface area contributed by atoms with Gasteiger partial charge in [-0.15, -0.1) is 0 Å². The van der Waals surface area contributed by atoms with Crippen molar-refractivity contribution in [2.24, 2.45) is 0 Å². The van der Waals surface area contributed by atoms with Gasteiger partial charge in [0.1, 0.15) is 5.66 Å². The third-order valence-electron chi connectivity index (χ3n) is 4.10. The highest BCUT2D eigenvalue weighted by molar-refractivity contribution is 6.13. The van der Waals surface area contributed by atoms with Gasteiger partial charge in [0.25, 0.3) is 0 Å². The fraction of sp³-hybridized carbons (Fsp3) is 0.267. The van der Waals surface area contributed by atoms with E-state index in [9.17, 15) is 4.79 Å². The van der Waals surface area contributed by atoms with Crippen LogP contribution in [0.3, 0.4) is 0 Å². The highest BCUT2D eigenvalue weighted by atomic mass is 16.2. The first-order valence-electron chi connectivity index (χ1n) is 6.32. The highest BCUT2D eigenvalue weighted by Crippen LogP contribution is 2.46. The largest absolute Gasteiger partial charge is 0.362 e. The van der Waals surface area contributed by atoms with Crippen molar-refractivity contribution >= 4 is 28.1 Å². The molecule has 1 fully saturated rings. The summed E-state index contributed by atoms with van der Waals surface area (Å²) in [5, 5.41) is 5.87. The van der Waals surface area contributed by atoms with E-state index >= 15 is 0 Å². The van der Waals surface area contributed by atoms with E-state index in [1.54, 1.807) is 0 Å². The van der Waals surface area contributed by atoms with Crippen LogP contribution in [0.1, 0.15) is 19.8 Å². The third kappa shape index (κ3) is 1.07. The predicted molar refractivity (Wildman–Crippen MR) is 72.7 cm³/mol. The number of fused-ring (bicyclic) bond motifs is 2. The molecule has 1 atom stereocenters. The summed E-state index contributed by atoms with van der Waals surface area (Å²) in [7, 11) is 0. The molecule has 0 aromatic heterocycles. The maximum Gasteiger partial charge on any atom is 0.229 e. The number of nitrogens with zero attached hydrogens (tertiary/aromatic N) is 1. The van der Waals surface area contributed by atoms with Crippen molar-refractivity contribution in [1.82, 2.24) is 0 Å². The molecule has 4 rings (SSSR count). The van der Waals surface area contributed by atoms with Crippen molar-refractivity contribution in [3.05, 3.63) is 36.4 Å². The second-order valence-corrected chi connectivity index (χ2v) is 5.31. The lowest BCUT2D eigenvalue weighted by molar-refractivity contribution is -0.117. The second kappa shape index (κ2) is 3.05. The SMILES string of the molecule is CC12CCC(=O)N1c1cccc3cccc(c13)N2. The Morgan fingerprint density at radius 2 is 2.00 bits per heavy atom. The average molecular weight is 238 g/mol. The van der Waals surface area contributed by atoms with Gasteiger partial charge >= 0.3 is 0 Å². The zero-order valence-corrected chi connectivity index (χ0v) is 10.2. The van der Waals surface area contributed by atoms with Gasteiger partial charge in [0.15, 0.2) is 0 Å². The molecule has 90 valence electrons. The maximum atomic E-state index is 12.1. The molecule has 18 heavy (non-hydrogen) atoms. The lowest BCUT2D eigenvalue weighted by Crippen LogP contribution is -2.51. The quantitative estimate of drug-likeness (QED) is 0.764. The Balaban J connectivity index is 2.10. The molecule has 2 aromatic carbocycles. The van der Waals surface area contributed by atoms with Gasteiger partial charge in [0, 0.05) is 17.5 Å². The number of hydrogen-bond donors (Lipinski definition) is 1. The minimum Gasteiger partial charge on any atom is -0.362 e. The van der Waals surface area contributed by atoms with Crippen LogP contribution in [-0.4, -0.2) is 11.6 Å². The highest BCUT2D eigenvalue weighted by Gasteiger charge is 2.45. The number of carbonyl (C=O) groups excluding carboxylic acids is 1. The van der Waals surface area contributed by atoms with Crippen LogP contribution >= 0.6 is 0 Å². The molecule has 2 aliphatic heterocycles. The summed E-state index contributed by atoms with van der Waals surface area (Å²) in [6.07, 6.45) is 1.48. The maximum absolute atomic E-state index is 12.1. The Morgan fingerprint density at radius 3 is 2.83 bits per heavy atom. The number of amides is 1. The summed E-state index contributed by atoms with van der Waals surface area (Å²) in [6.45, 7) is 2.10. The lowest BCUT2D eigenvalue weighted by atomic mass is 9.99. The molecule has 3 heteroatoms. The van der Waals surface area contributed by atoms with E-state index < -0.39 is 0 Å². The van der Waals surface area contributed by atoms with Gasteiger partial charge in [-0.05, 0) is 30.9 Å². The molecule has 2 heterocycles. The first kappa shape index (κ1) is 9.95. The molecule has 1 saturated heterocycles. The molecule has 3 nitrogen and oxygen atoms in total. The number of benzene rings is 2. The Morgan fingerprint density at radius 1 is 1.22 bits per heavy atom. The summed E-state index contributed by atoms with van der Waals surface area (Å²) in [5.74, 6) is 0.215. The average Bonchev–Trinajstić information content (AvgIpc) is 2.66. The first-order chi connectivity index (χ1) is 8.69. The fourth-order valence-corrected chi connectivity index (χ4v) is 3.27. The molecule has 1 N–H and O–H groups in total. The first-order valence-corrected chi connectivity index (χ1v) is 6.32. The molecular formula is C15H14N2O. The van der Waals surface area contributed by atoms with Gasteiger partial charge in [0.05, 0.1) is 5.69 Å². The fourth-order valence-electron chi connectivity index (χ4n) is 3.27. The van der Waals surface area contributed by atoms with Crippen molar-refractivity contribution in [1.29, 1.82) is 0 Å². The van der Waals surface area contributed by atoms with Crippen LogP contribution in [-0.2, 0) is 4.79 Å². The van der Waals surface area contributed by atoms with Gasteiger partial charge < -0.3 is 5.32 Å². The van der Waals surface area contributed by atoms with E-state index in [2.05, 4.69) is 36.5 Å². The van der Waals surface area contributed by atoms with Crippen LogP contribution in [0.25, 0.3) is 10.8 Å². The van der Waals surface area contributed by atoms with E-state index in [4.69, 9.17) is 0 Å². The van der Waals surface area contributed by atoms with Gasteiger partial charge in [-0.2, -0.15) is 0 Å². The molecule has 0 radical (unpaired) electrons. The third-order valence-corrected chi connectivity index (χ3v) is 4.10. The molecular weight excluding hydrogens is 224 g/mol. The number of anilines is 2. The Labute approximate surface area is 105 Å². The predicted octanol–water partition coefficient (Wildman–Crippen LogP) is 3.11. The van der Waals surface area contributed by atoms with Crippen LogP contribution in [0.15, 0.2) is 36.4 Å². The molecule has 1 amide bonds. The summed E-state index contributed by atoms with van der Waals surface area (Å²) >= 11 is 0. The van der Waals surface area contributed by atoms with Gasteiger partial charge in [-0.25, -0.2) is 0 Å². The minimum atomic E-state index is -0.264. The van der Waals surface area contributed by atoms with E-state index in [1.165, 1.54) is 5.39 Å². The zero-order chi connectivity index (χ0) is 12.3. The summed E-state index contributed by atoms with van der Waals surface area (Å²) in [5.41, 5.74) is 1.92. The topological polar surface area (TPSA) is 32.3 Å². The van der Waals surface area contributed by atoms with Gasteiger partial charge in [0.2, 0.25) is 5.91 Å². The second-order valence-electron chi connectivity index (χ2n) is 5.31. The molecule has 1 unspecified atom stereocenters. The van der Waals surface area contributed by atoms with E-state index in [1.807, 2.05) is 17.0 Å². The number of hydrogen-bond acceptors (Lipinski definition) is 2. The van der Waals surface area contributed by atoms with E-state index in [0.29, 0.717) is 6.42 Å². The van der Waals surface area contributed by atoms with Gasteiger partial charge in [-0.3, -0.25) is 9.69 Å². The zero-order valence-electron chi connectivity index (χ0n) is 10.2. The molecule has 0 saturated carbocycles. The number of nitrogens with one attached hydrogen (secondary N) is 1. The molecule has 0 bridgehead atoms. The van der Waals surface area contributed by atoms with Crippen LogP contribution in [0.4, 0.5) is 11.4 Å². The molecule has 0 spiro atoms. The number of carbonyl (C=O) groups is 1. The van der Waals surface area contributed by atoms with Crippen molar-refractivity contribution in [2.75, 3.05) is 10.2 Å². The Hall–Kier alpha value is -2.03. The molecule has 2 aromatic rings. The summed E-state index contributed by atoms with van der Waals surface area (Å²) in [4.78, 5) is 14.1. The Kier molecular flexibility index (Phi) is 1.68. The van der Waals surface area contributed by atoms with Crippen molar-refractivity contribution in [2.45, 2.75) is 25.4 Å². The Bertz CT molecular complexity index is 674. The van der Waals surface area contributed by atoms with Gasteiger partial charge in [-0.1, -0.05) is 24.3 Å². The van der Waals surface area contributed by atoms with E-state index in [-0.39, 0.29) is 11.6 Å².